The molecule has 0 bridgehead atoms. The van der Waals surface area contributed by atoms with Gasteiger partial charge >= 0.3 is 0 Å². The average molecular weight is 477 g/mol. The van der Waals surface area contributed by atoms with Crippen molar-refractivity contribution in [3.05, 3.63) is 28.9 Å². The SMILES string of the molecule is O=C(CC1CSC(c2cc3cc(Cl)cc(NCC4CCOCC4)c3[nH]2)=N1)N1CCOCC1. The van der Waals surface area contributed by atoms with E-state index in [2.05, 4.69) is 16.4 Å². The molecular formula is C23H29ClN4O3S. The number of fused-ring (bicyclic) bond motifs is 1. The minimum atomic E-state index is 0.0199. The van der Waals surface area contributed by atoms with Gasteiger partial charge in [-0.1, -0.05) is 11.6 Å². The molecule has 1 unspecified atom stereocenters. The number of aromatic nitrogens is 1. The summed E-state index contributed by atoms with van der Waals surface area (Å²) in [6, 6.07) is 6.10. The van der Waals surface area contributed by atoms with Crippen molar-refractivity contribution >= 4 is 50.9 Å². The normalized spacial score (nSPS) is 22.3. The summed E-state index contributed by atoms with van der Waals surface area (Å²) in [6.07, 6.45) is 2.63. The van der Waals surface area contributed by atoms with E-state index in [9.17, 15) is 4.79 Å². The number of morpholine rings is 1. The van der Waals surface area contributed by atoms with Crippen molar-refractivity contribution in [2.45, 2.75) is 25.3 Å². The molecule has 1 atom stereocenters. The quantitative estimate of drug-likeness (QED) is 0.663. The van der Waals surface area contributed by atoms with Gasteiger partial charge in [0.2, 0.25) is 5.91 Å². The van der Waals surface area contributed by atoms with Gasteiger partial charge in [0.25, 0.3) is 0 Å². The molecule has 172 valence electrons. The number of anilines is 1. The fourth-order valence-corrected chi connectivity index (χ4v) is 5.74. The summed E-state index contributed by atoms with van der Waals surface area (Å²) < 4.78 is 10.8. The lowest BCUT2D eigenvalue weighted by atomic mass is 10.0. The number of halogens is 1. The molecule has 0 saturated carbocycles. The summed E-state index contributed by atoms with van der Waals surface area (Å²) in [7, 11) is 0. The van der Waals surface area contributed by atoms with Crippen LogP contribution >= 0.6 is 23.4 Å². The number of carbonyl (C=O) groups is 1. The fourth-order valence-electron chi connectivity index (χ4n) is 4.48. The Morgan fingerprint density at radius 3 is 2.78 bits per heavy atom. The van der Waals surface area contributed by atoms with Gasteiger partial charge < -0.3 is 24.7 Å². The first kappa shape index (κ1) is 22.1. The number of nitrogens with one attached hydrogen (secondary N) is 2. The summed E-state index contributed by atoms with van der Waals surface area (Å²) in [5, 5.41) is 6.34. The van der Waals surface area contributed by atoms with E-state index < -0.39 is 0 Å². The summed E-state index contributed by atoms with van der Waals surface area (Å²) in [5.74, 6) is 1.62. The van der Waals surface area contributed by atoms with Gasteiger partial charge in [0.1, 0.15) is 5.04 Å². The molecule has 2 saturated heterocycles. The zero-order valence-electron chi connectivity index (χ0n) is 18.1. The Balaban J connectivity index is 1.28. The molecule has 0 radical (unpaired) electrons. The monoisotopic (exact) mass is 476 g/mol. The van der Waals surface area contributed by atoms with Crippen molar-refractivity contribution in [3.63, 3.8) is 0 Å². The smallest absolute Gasteiger partial charge is 0.224 e. The number of nitrogens with zero attached hydrogens (tertiary/aromatic N) is 2. The number of benzene rings is 1. The number of hydrogen-bond donors (Lipinski definition) is 2. The van der Waals surface area contributed by atoms with E-state index in [1.165, 1.54) is 0 Å². The number of carbonyl (C=O) groups excluding carboxylic acids is 1. The van der Waals surface area contributed by atoms with Crippen molar-refractivity contribution in [1.82, 2.24) is 9.88 Å². The number of ether oxygens (including phenoxy) is 2. The number of rotatable bonds is 6. The van der Waals surface area contributed by atoms with Crippen molar-refractivity contribution in [1.29, 1.82) is 0 Å². The van der Waals surface area contributed by atoms with Crippen molar-refractivity contribution in [2.24, 2.45) is 10.9 Å². The third-order valence-electron chi connectivity index (χ3n) is 6.33. The van der Waals surface area contributed by atoms with Crippen molar-refractivity contribution in [3.8, 4) is 0 Å². The predicted octanol–water partition coefficient (Wildman–Crippen LogP) is 3.77. The van der Waals surface area contributed by atoms with E-state index in [1.807, 2.05) is 17.0 Å². The van der Waals surface area contributed by atoms with E-state index in [1.54, 1.807) is 11.8 Å². The van der Waals surface area contributed by atoms with Gasteiger partial charge in [-0.3, -0.25) is 9.79 Å². The first-order valence-electron chi connectivity index (χ1n) is 11.4. The van der Waals surface area contributed by atoms with Crippen LogP contribution in [-0.4, -0.2) is 78.7 Å². The van der Waals surface area contributed by atoms with Crippen LogP contribution in [0.1, 0.15) is 25.0 Å². The van der Waals surface area contributed by atoms with Gasteiger partial charge in [-0.05, 0) is 37.0 Å². The van der Waals surface area contributed by atoms with Crippen LogP contribution in [0.2, 0.25) is 5.02 Å². The number of thioether (sulfide) groups is 1. The van der Waals surface area contributed by atoms with Crippen LogP contribution in [0.5, 0.6) is 0 Å². The highest BCUT2D eigenvalue weighted by atomic mass is 35.5. The maximum Gasteiger partial charge on any atom is 0.224 e. The molecule has 2 aromatic rings. The zero-order chi connectivity index (χ0) is 21.9. The summed E-state index contributed by atoms with van der Waals surface area (Å²) in [6.45, 7) is 5.22. The van der Waals surface area contributed by atoms with Crippen molar-refractivity contribution < 1.29 is 14.3 Å². The third kappa shape index (κ3) is 5.09. The van der Waals surface area contributed by atoms with Crippen LogP contribution in [0.25, 0.3) is 10.9 Å². The van der Waals surface area contributed by atoms with Gasteiger partial charge in [0.05, 0.1) is 42.6 Å². The Bertz CT molecular complexity index is 999. The summed E-state index contributed by atoms with van der Waals surface area (Å²) >= 11 is 8.12. The molecule has 0 spiro atoms. The van der Waals surface area contributed by atoms with Crippen LogP contribution in [-0.2, 0) is 14.3 Å². The highest BCUT2D eigenvalue weighted by Crippen LogP contribution is 2.32. The number of hydrogen-bond acceptors (Lipinski definition) is 6. The lowest BCUT2D eigenvalue weighted by molar-refractivity contribution is -0.135. The van der Waals surface area contributed by atoms with Crippen molar-refractivity contribution in [2.75, 3.05) is 57.1 Å². The molecule has 2 N–H and O–H groups in total. The van der Waals surface area contributed by atoms with Gasteiger partial charge in [0, 0.05) is 49.0 Å². The van der Waals surface area contributed by atoms with E-state index in [-0.39, 0.29) is 11.9 Å². The molecule has 7 nitrogen and oxygen atoms in total. The Labute approximate surface area is 197 Å². The minimum absolute atomic E-state index is 0.0199. The van der Waals surface area contributed by atoms with Crippen LogP contribution in [0, 0.1) is 5.92 Å². The summed E-state index contributed by atoms with van der Waals surface area (Å²) in [4.78, 5) is 22.9. The van der Waals surface area contributed by atoms with E-state index in [4.69, 9.17) is 26.1 Å². The number of H-pyrrole nitrogens is 1. The molecule has 3 aliphatic heterocycles. The largest absolute Gasteiger partial charge is 0.383 e. The molecule has 1 aromatic carbocycles. The van der Waals surface area contributed by atoms with Crippen LogP contribution < -0.4 is 5.32 Å². The molecule has 0 aliphatic carbocycles. The topological polar surface area (TPSA) is 78.9 Å². The van der Waals surface area contributed by atoms with Gasteiger partial charge in [0.15, 0.2) is 0 Å². The molecule has 1 amide bonds. The Morgan fingerprint density at radius 2 is 1.97 bits per heavy atom. The standard InChI is InChI=1S/C23H29ClN4O3S/c24-17-9-16-10-20(27-22(16)19(11-17)25-13-15-1-5-30-6-2-15)23-26-18(14-32-23)12-21(29)28-3-7-31-8-4-28/h9-11,15,18,25,27H,1-8,12-14H2. The molecular weight excluding hydrogens is 448 g/mol. The fraction of sp³-hybridized carbons (Fsp3) is 0.565. The Hall–Kier alpha value is -1.74. The summed E-state index contributed by atoms with van der Waals surface area (Å²) in [5.41, 5.74) is 3.06. The Morgan fingerprint density at radius 1 is 1.19 bits per heavy atom. The second-order valence-electron chi connectivity index (χ2n) is 8.63. The van der Waals surface area contributed by atoms with Crippen LogP contribution in [0.15, 0.2) is 23.2 Å². The second kappa shape index (κ2) is 10.0. The molecule has 32 heavy (non-hydrogen) atoms. The van der Waals surface area contributed by atoms with Crippen LogP contribution in [0.4, 0.5) is 5.69 Å². The zero-order valence-corrected chi connectivity index (χ0v) is 19.6. The average Bonchev–Trinajstić information content (AvgIpc) is 3.45. The van der Waals surface area contributed by atoms with E-state index >= 15 is 0 Å². The minimum Gasteiger partial charge on any atom is -0.383 e. The first-order valence-corrected chi connectivity index (χ1v) is 12.7. The predicted molar refractivity (Wildman–Crippen MR) is 130 cm³/mol. The second-order valence-corrected chi connectivity index (χ2v) is 10.1. The highest BCUT2D eigenvalue weighted by molar-refractivity contribution is 8.14. The lowest BCUT2D eigenvalue weighted by Gasteiger charge is -2.27. The molecule has 3 aliphatic rings. The molecule has 9 heteroatoms. The third-order valence-corrected chi connectivity index (χ3v) is 7.70. The van der Waals surface area contributed by atoms with E-state index in [0.717, 1.165) is 65.7 Å². The molecule has 1 aromatic heterocycles. The van der Waals surface area contributed by atoms with Gasteiger partial charge in [-0.15, -0.1) is 11.8 Å². The van der Waals surface area contributed by atoms with Gasteiger partial charge in [-0.25, -0.2) is 0 Å². The number of aliphatic imine (C=N–C) groups is 1. The maximum atomic E-state index is 12.6. The number of amides is 1. The molecule has 2 fully saturated rings. The Kier molecular flexibility index (Phi) is 6.92. The first-order chi connectivity index (χ1) is 15.7. The highest BCUT2D eigenvalue weighted by Gasteiger charge is 2.26. The van der Waals surface area contributed by atoms with Gasteiger partial charge in [-0.2, -0.15) is 0 Å². The maximum absolute atomic E-state index is 12.6. The lowest BCUT2D eigenvalue weighted by Crippen LogP contribution is -2.41. The molecule has 4 heterocycles. The van der Waals surface area contributed by atoms with E-state index in [0.29, 0.717) is 43.7 Å². The number of aromatic amines is 1. The van der Waals surface area contributed by atoms with Crippen LogP contribution in [0.3, 0.4) is 0 Å². The molecule has 5 rings (SSSR count).